The summed E-state index contributed by atoms with van der Waals surface area (Å²) in [6.45, 7) is 4.99. The standard InChI is InChI=1S/C19H23ClN4O2S.ClH/c1-4-24(3)10-9-14-15(11-24)27-18(16(14)17(21)25)22-19(26)23(2)13-7-5-12(20)6-8-13;/h5-8H,4,9-11H2,1-3H3,(H2-,21,22,25,26);1H/p+1. The number of carbonyl (C=O) groups excluding carboxylic acids is 2. The molecule has 0 aliphatic carbocycles. The first-order valence-electron chi connectivity index (χ1n) is 8.82. The number of nitrogens with one attached hydrogen (secondary N) is 1. The number of nitrogens with two attached hydrogens (primary N) is 1. The number of hydrogen-bond acceptors (Lipinski definition) is 3. The minimum Gasteiger partial charge on any atom is -0.365 e. The fourth-order valence-electron chi connectivity index (χ4n) is 3.29. The molecular weight excluding hydrogens is 419 g/mol. The van der Waals surface area contributed by atoms with Crippen molar-refractivity contribution in [3.05, 3.63) is 45.3 Å². The number of thiophene rings is 1. The number of benzene rings is 1. The van der Waals surface area contributed by atoms with Gasteiger partial charge in [-0.05, 0) is 36.8 Å². The van der Waals surface area contributed by atoms with Crippen molar-refractivity contribution in [1.29, 1.82) is 0 Å². The summed E-state index contributed by atoms with van der Waals surface area (Å²) in [5.74, 6) is -0.496. The van der Waals surface area contributed by atoms with Crippen LogP contribution in [0.15, 0.2) is 24.3 Å². The highest BCUT2D eigenvalue weighted by Gasteiger charge is 2.33. The lowest BCUT2D eigenvalue weighted by Crippen LogP contribution is -2.47. The number of halogens is 2. The third kappa shape index (κ3) is 4.43. The molecule has 2 aromatic rings. The van der Waals surface area contributed by atoms with Crippen LogP contribution in [0, 0.1) is 0 Å². The van der Waals surface area contributed by atoms with Gasteiger partial charge in [-0.1, -0.05) is 11.6 Å². The van der Waals surface area contributed by atoms with E-state index in [9.17, 15) is 9.59 Å². The van der Waals surface area contributed by atoms with Crippen molar-refractivity contribution in [1.82, 2.24) is 0 Å². The molecule has 3 N–H and O–H groups in total. The molecule has 0 fully saturated rings. The minimum atomic E-state index is -0.496. The van der Waals surface area contributed by atoms with Crippen molar-refractivity contribution in [2.24, 2.45) is 5.73 Å². The first kappa shape index (κ1) is 22.5. The largest absolute Gasteiger partial charge is 0.365 e. The number of nitrogens with zero attached hydrogens (tertiary/aromatic N) is 2. The van der Waals surface area contributed by atoms with Crippen LogP contribution in [-0.4, -0.2) is 43.6 Å². The SMILES string of the molecule is CC[N+]1(C)CCc2c(sc(NC(=O)N(C)c3ccc(Cl)cc3)c2C(N)=O)C1.Cl. The molecular formula is C19H25Cl2N4O2S+. The second-order valence-electron chi connectivity index (χ2n) is 7.11. The lowest BCUT2D eigenvalue weighted by Gasteiger charge is -2.36. The Morgan fingerprint density at radius 1 is 1.32 bits per heavy atom. The molecule has 6 nitrogen and oxygen atoms in total. The molecule has 0 bridgehead atoms. The van der Waals surface area contributed by atoms with Gasteiger partial charge in [-0.15, -0.1) is 23.7 Å². The Hall–Kier alpha value is -1.80. The van der Waals surface area contributed by atoms with Crippen LogP contribution in [0.25, 0.3) is 0 Å². The zero-order valence-corrected chi connectivity index (χ0v) is 18.5. The monoisotopic (exact) mass is 443 g/mol. The van der Waals surface area contributed by atoms with Crippen LogP contribution in [0.4, 0.5) is 15.5 Å². The number of anilines is 2. The van der Waals surface area contributed by atoms with Gasteiger partial charge >= 0.3 is 6.03 Å². The molecule has 28 heavy (non-hydrogen) atoms. The first-order chi connectivity index (χ1) is 12.7. The summed E-state index contributed by atoms with van der Waals surface area (Å²) >= 11 is 7.36. The number of carbonyl (C=O) groups is 2. The number of quaternary nitrogens is 1. The zero-order chi connectivity index (χ0) is 19.8. The summed E-state index contributed by atoms with van der Waals surface area (Å²) in [4.78, 5) is 27.4. The van der Waals surface area contributed by atoms with Crippen molar-refractivity contribution in [2.45, 2.75) is 19.9 Å². The lowest BCUT2D eigenvalue weighted by molar-refractivity contribution is -0.922. The molecule has 3 rings (SSSR count). The molecule has 9 heteroatoms. The van der Waals surface area contributed by atoms with E-state index < -0.39 is 5.91 Å². The van der Waals surface area contributed by atoms with Gasteiger partial charge in [0, 0.05) is 24.2 Å². The van der Waals surface area contributed by atoms with Crippen molar-refractivity contribution >= 4 is 58.0 Å². The van der Waals surface area contributed by atoms with E-state index in [-0.39, 0.29) is 18.4 Å². The van der Waals surface area contributed by atoms with Gasteiger partial charge in [0.05, 0.1) is 30.6 Å². The minimum absolute atomic E-state index is 0. The van der Waals surface area contributed by atoms with Gasteiger partial charge in [0.15, 0.2) is 0 Å². The van der Waals surface area contributed by atoms with Crippen LogP contribution >= 0.6 is 35.3 Å². The van der Waals surface area contributed by atoms with Crippen LogP contribution < -0.4 is 16.0 Å². The van der Waals surface area contributed by atoms with E-state index in [1.165, 1.54) is 16.2 Å². The van der Waals surface area contributed by atoms with Crippen molar-refractivity contribution in [3.63, 3.8) is 0 Å². The summed E-state index contributed by atoms with van der Waals surface area (Å²) in [5.41, 5.74) is 7.79. The molecule has 1 aliphatic rings. The maximum Gasteiger partial charge on any atom is 0.326 e. The predicted molar refractivity (Wildman–Crippen MR) is 118 cm³/mol. The van der Waals surface area contributed by atoms with E-state index in [0.29, 0.717) is 21.3 Å². The number of fused-ring (bicyclic) bond motifs is 1. The highest BCUT2D eigenvalue weighted by Crippen LogP contribution is 2.38. The maximum absolute atomic E-state index is 12.7. The van der Waals surface area contributed by atoms with Gasteiger partial charge < -0.3 is 10.2 Å². The summed E-state index contributed by atoms with van der Waals surface area (Å²) in [6, 6.07) is 6.65. The number of likely N-dealkylation sites (N-methyl/N-ethyl adjacent to an activating group) is 1. The molecule has 3 amide bonds. The van der Waals surface area contributed by atoms with Crippen molar-refractivity contribution in [3.8, 4) is 0 Å². The van der Waals surface area contributed by atoms with Gasteiger partial charge in [0.25, 0.3) is 5.91 Å². The maximum atomic E-state index is 12.7. The molecule has 0 radical (unpaired) electrons. The topological polar surface area (TPSA) is 75.4 Å². The second kappa shape index (κ2) is 8.69. The van der Waals surface area contributed by atoms with Gasteiger partial charge in [0.2, 0.25) is 0 Å². The van der Waals surface area contributed by atoms with Gasteiger partial charge in [0.1, 0.15) is 11.5 Å². The van der Waals surface area contributed by atoms with Gasteiger partial charge in [-0.25, -0.2) is 4.79 Å². The second-order valence-corrected chi connectivity index (χ2v) is 8.65. The Kier molecular flexibility index (Phi) is 6.98. The van der Waals surface area contributed by atoms with E-state index in [1.54, 1.807) is 31.3 Å². The Morgan fingerprint density at radius 2 is 1.96 bits per heavy atom. The normalized spacial score (nSPS) is 18.0. The first-order valence-corrected chi connectivity index (χ1v) is 10.0. The third-order valence-corrected chi connectivity index (χ3v) is 6.65. The number of hydrogen-bond donors (Lipinski definition) is 2. The summed E-state index contributed by atoms with van der Waals surface area (Å²) in [7, 11) is 3.88. The molecule has 0 saturated carbocycles. The van der Waals surface area contributed by atoms with E-state index in [2.05, 4.69) is 19.3 Å². The molecule has 152 valence electrons. The molecule has 1 atom stereocenters. The Labute approximate surface area is 180 Å². The number of primary amides is 1. The van der Waals surface area contributed by atoms with E-state index in [0.717, 1.165) is 41.0 Å². The van der Waals surface area contributed by atoms with Crippen molar-refractivity contribution < 1.29 is 14.1 Å². The average Bonchev–Trinajstić information content (AvgIpc) is 2.98. The van der Waals surface area contributed by atoms with Crippen molar-refractivity contribution in [2.75, 3.05) is 37.4 Å². The Balaban J connectivity index is 0.00000280. The Morgan fingerprint density at radius 3 is 2.54 bits per heavy atom. The Bertz CT molecular complexity index is 885. The van der Waals surface area contributed by atoms with E-state index in [4.69, 9.17) is 17.3 Å². The number of urea groups is 1. The zero-order valence-electron chi connectivity index (χ0n) is 16.1. The average molecular weight is 444 g/mol. The molecule has 1 aromatic carbocycles. The fraction of sp³-hybridized carbons (Fsp3) is 0.368. The third-order valence-electron chi connectivity index (χ3n) is 5.27. The number of amides is 3. The molecule has 2 heterocycles. The number of rotatable bonds is 4. The highest BCUT2D eigenvalue weighted by molar-refractivity contribution is 7.17. The molecule has 1 unspecified atom stereocenters. The molecule has 1 aromatic heterocycles. The molecule has 1 aliphatic heterocycles. The molecule has 0 spiro atoms. The van der Waals surface area contributed by atoms with Crippen LogP contribution in [-0.2, 0) is 13.0 Å². The van der Waals surface area contributed by atoms with Crippen LogP contribution in [0.3, 0.4) is 0 Å². The predicted octanol–water partition coefficient (Wildman–Crippen LogP) is 4.11. The molecule has 0 saturated heterocycles. The van der Waals surface area contributed by atoms with E-state index in [1.807, 2.05) is 0 Å². The van der Waals surface area contributed by atoms with Gasteiger partial charge in [-0.2, -0.15) is 0 Å². The quantitative estimate of drug-likeness (QED) is 0.697. The van der Waals surface area contributed by atoms with Crippen LogP contribution in [0.2, 0.25) is 5.02 Å². The smallest absolute Gasteiger partial charge is 0.326 e. The lowest BCUT2D eigenvalue weighted by atomic mass is 10.0. The van der Waals surface area contributed by atoms with Gasteiger partial charge in [-0.3, -0.25) is 15.0 Å². The highest BCUT2D eigenvalue weighted by atomic mass is 35.5. The fourth-order valence-corrected chi connectivity index (χ4v) is 4.83. The summed E-state index contributed by atoms with van der Waals surface area (Å²) < 4.78 is 0.920. The summed E-state index contributed by atoms with van der Waals surface area (Å²) in [6.07, 6.45) is 0.789. The van der Waals surface area contributed by atoms with Crippen LogP contribution in [0.1, 0.15) is 27.7 Å². The van der Waals surface area contributed by atoms with E-state index >= 15 is 0 Å². The summed E-state index contributed by atoms with van der Waals surface area (Å²) in [5, 5.41) is 4.01. The van der Waals surface area contributed by atoms with Crippen LogP contribution in [0.5, 0.6) is 0 Å².